The summed E-state index contributed by atoms with van der Waals surface area (Å²) in [5, 5.41) is 9.42. The summed E-state index contributed by atoms with van der Waals surface area (Å²) in [7, 11) is 1.65. The Balaban J connectivity index is 1.43. The number of hydrogen-bond acceptors (Lipinski definition) is 3. The summed E-state index contributed by atoms with van der Waals surface area (Å²) in [4.78, 5) is 12.1. The number of urea groups is 1. The lowest BCUT2D eigenvalue weighted by Gasteiger charge is -2.14. The Morgan fingerprint density at radius 3 is 2.69 bits per heavy atom. The minimum absolute atomic E-state index is 0.0778. The summed E-state index contributed by atoms with van der Waals surface area (Å²) in [5.41, 5.74) is 2.46. The standard InChI is InChI=1S/C21H24N2O2S/c1-15(13-17-14-26-20-6-4-3-5-19(17)20)23-21(24)22-12-11-16-7-9-18(25-2)10-8-16/h3-10,14-15H,11-13H2,1-2H3,(H2,22,23,24)/t15-/m0/s1. The molecular formula is C21H24N2O2S. The Morgan fingerprint density at radius 2 is 1.92 bits per heavy atom. The molecule has 0 spiro atoms. The molecular weight excluding hydrogens is 344 g/mol. The Kier molecular flexibility index (Phi) is 6.12. The molecule has 3 rings (SSSR count). The van der Waals surface area contributed by atoms with Gasteiger partial charge in [-0.3, -0.25) is 0 Å². The van der Waals surface area contributed by atoms with Crippen LogP contribution >= 0.6 is 11.3 Å². The van der Waals surface area contributed by atoms with Crippen LogP contribution in [-0.2, 0) is 12.8 Å². The normalized spacial score (nSPS) is 11.9. The molecule has 0 aliphatic rings. The van der Waals surface area contributed by atoms with Crippen molar-refractivity contribution in [2.45, 2.75) is 25.8 Å². The highest BCUT2D eigenvalue weighted by Gasteiger charge is 2.11. The number of carbonyl (C=O) groups is 1. The molecule has 4 nitrogen and oxygen atoms in total. The lowest BCUT2D eigenvalue weighted by Crippen LogP contribution is -2.42. The first kappa shape index (κ1) is 18.3. The molecule has 3 aromatic rings. The van der Waals surface area contributed by atoms with Gasteiger partial charge < -0.3 is 15.4 Å². The van der Waals surface area contributed by atoms with E-state index in [4.69, 9.17) is 4.74 Å². The quantitative estimate of drug-likeness (QED) is 0.650. The maximum Gasteiger partial charge on any atom is 0.315 e. The zero-order valence-electron chi connectivity index (χ0n) is 15.1. The molecule has 0 bridgehead atoms. The van der Waals surface area contributed by atoms with Gasteiger partial charge in [0.1, 0.15) is 5.75 Å². The number of benzene rings is 2. The highest BCUT2D eigenvalue weighted by Crippen LogP contribution is 2.26. The lowest BCUT2D eigenvalue weighted by molar-refractivity contribution is 0.238. The van der Waals surface area contributed by atoms with Crippen LogP contribution in [0.15, 0.2) is 53.9 Å². The molecule has 2 aromatic carbocycles. The molecule has 1 aromatic heterocycles. The predicted molar refractivity (Wildman–Crippen MR) is 108 cm³/mol. The van der Waals surface area contributed by atoms with Crippen molar-refractivity contribution in [2.24, 2.45) is 0 Å². The Hall–Kier alpha value is -2.53. The van der Waals surface area contributed by atoms with Gasteiger partial charge >= 0.3 is 6.03 Å². The summed E-state index contributed by atoms with van der Waals surface area (Å²) < 4.78 is 6.44. The van der Waals surface area contributed by atoms with E-state index in [1.54, 1.807) is 18.4 Å². The van der Waals surface area contributed by atoms with Crippen LogP contribution in [0.3, 0.4) is 0 Å². The zero-order chi connectivity index (χ0) is 18.4. The number of ether oxygens (including phenoxy) is 1. The van der Waals surface area contributed by atoms with E-state index in [2.05, 4.69) is 40.3 Å². The molecule has 0 saturated heterocycles. The van der Waals surface area contributed by atoms with Gasteiger partial charge in [-0.05, 0) is 59.9 Å². The van der Waals surface area contributed by atoms with E-state index in [1.165, 1.54) is 21.2 Å². The monoisotopic (exact) mass is 368 g/mol. The topological polar surface area (TPSA) is 50.4 Å². The fraction of sp³-hybridized carbons (Fsp3) is 0.286. The van der Waals surface area contributed by atoms with E-state index in [0.717, 1.165) is 18.6 Å². The maximum atomic E-state index is 12.1. The van der Waals surface area contributed by atoms with Crippen LogP contribution in [0, 0.1) is 0 Å². The average molecular weight is 369 g/mol. The van der Waals surface area contributed by atoms with E-state index < -0.39 is 0 Å². The van der Waals surface area contributed by atoms with Gasteiger partial charge in [0.2, 0.25) is 0 Å². The lowest BCUT2D eigenvalue weighted by atomic mass is 10.1. The number of nitrogens with one attached hydrogen (secondary N) is 2. The van der Waals surface area contributed by atoms with E-state index in [1.807, 2.05) is 31.2 Å². The molecule has 2 amide bonds. The third-order valence-electron chi connectivity index (χ3n) is 4.32. The van der Waals surface area contributed by atoms with Gasteiger partial charge in [0, 0.05) is 17.3 Å². The van der Waals surface area contributed by atoms with Gasteiger partial charge in [0.05, 0.1) is 7.11 Å². The summed E-state index contributed by atoms with van der Waals surface area (Å²) in [5.74, 6) is 0.842. The highest BCUT2D eigenvalue weighted by atomic mass is 32.1. The van der Waals surface area contributed by atoms with E-state index in [-0.39, 0.29) is 12.1 Å². The second kappa shape index (κ2) is 8.72. The number of amides is 2. The largest absolute Gasteiger partial charge is 0.497 e. The first-order valence-corrected chi connectivity index (χ1v) is 9.66. The van der Waals surface area contributed by atoms with Crippen LogP contribution < -0.4 is 15.4 Å². The molecule has 0 radical (unpaired) electrons. The molecule has 0 unspecified atom stereocenters. The van der Waals surface area contributed by atoms with Crippen molar-refractivity contribution in [1.29, 1.82) is 0 Å². The van der Waals surface area contributed by atoms with Crippen LogP contribution in [0.1, 0.15) is 18.1 Å². The van der Waals surface area contributed by atoms with Crippen molar-refractivity contribution in [3.05, 3.63) is 65.0 Å². The Labute approximate surface area is 158 Å². The first-order valence-electron chi connectivity index (χ1n) is 8.78. The Bertz CT molecular complexity index is 858. The van der Waals surface area contributed by atoms with Crippen molar-refractivity contribution in [3.8, 4) is 5.75 Å². The van der Waals surface area contributed by atoms with Crippen molar-refractivity contribution in [1.82, 2.24) is 10.6 Å². The molecule has 2 N–H and O–H groups in total. The Morgan fingerprint density at radius 1 is 1.15 bits per heavy atom. The van der Waals surface area contributed by atoms with Crippen molar-refractivity contribution >= 4 is 27.5 Å². The molecule has 0 saturated carbocycles. The second-order valence-electron chi connectivity index (χ2n) is 6.36. The number of fused-ring (bicyclic) bond motifs is 1. The summed E-state index contributed by atoms with van der Waals surface area (Å²) >= 11 is 1.75. The molecule has 26 heavy (non-hydrogen) atoms. The fourth-order valence-corrected chi connectivity index (χ4v) is 3.93. The number of carbonyl (C=O) groups excluding carboxylic acids is 1. The third kappa shape index (κ3) is 4.76. The first-order chi connectivity index (χ1) is 12.7. The van der Waals surface area contributed by atoms with Crippen LogP contribution in [0.2, 0.25) is 0 Å². The average Bonchev–Trinajstić information content (AvgIpc) is 3.05. The van der Waals surface area contributed by atoms with Gasteiger partial charge in [-0.15, -0.1) is 11.3 Å². The molecule has 0 aliphatic heterocycles. The maximum absolute atomic E-state index is 12.1. The van der Waals surface area contributed by atoms with Crippen molar-refractivity contribution in [3.63, 3.8) is 0 Å². The molecule has 0 aliphatic carbocycles. The predicted octanol–water partition coefficient (Wildman–Crippen LogP) is 4.38. The third-order valence-corrected chi connectivity index (χ3v) is 5.34. The molecule has 1 heterocycles. The van der Waals surface area contributed by atoms with Gasteiger partial charge in [-0.1, -0.05) is 30.3 Å². The number of methoxy groups -OCH3 is 1. The summed E-state index contributed by atoms with van der Waals surface area (Å²) in [6, 6.07) is 16.2. The SMILES string of the molecule is COc1ccc(CCNC(=O)N[C@@H](C)Cc2csc3ccccc23)cc1. The molecule has 5 heteroatoms. The van der Waals surface area contributed by atoms with Gasteiger partial charge in [-0.25, -0.2) is 4.79 Å². The minimum atomic E-state index is -0.120. The molecule has 0 fully saturated rings. The van der Waals surface area contributed by atoms with E-state index >= 15 is 0 Å². The number of hydrogen-bond donors (Lipinski definition) is 2. The van der Waals surface area contributed by atoms with Crippen LogP contribution in [0.4, 0.5) is 4.79 Å². The van der Waals surface area contributed by atoms with Crippen LogP contribution in [0.25, 0.3) is 10.1 Å². The fourth-order valence-electron chi connectivity index (χ4n) is 2.96. The molecule has 1 atom stereocenters. The van der Waals surface area contributed by atoms with Gasteiger partial charge in [-0.2, -0.15) is 0 Å². The zero-order valence-corrected chi connectivity index (χ0v) is 15.9. The summed E-state index contributed by atoms with van der Waals surface area (Å²) in [6.07, 6.45) is 1.62. The minimum Gasteiger partial charge on any atom is -0.497 e. The van der Waals surface area contributed by atoms with Crippen LogP contribution in [-0.4, -0.2) is 25.7 Å². The van der Waals surface area contributed by atoms with Gasteiger partial charge in [0.15, 0.2) is 0 Å². The van der Waals surface area contributed by atoms with Crippen molar-refractivity contribution in [2.75, 3.05) is 13.7 Å². The smallest absolute Gasteiger partial charge is 0.315 e. The second-order valence-corrected chi connectivity index (χ2v) is 7.27. The number of thiophene rings is 1. The van der Waals surface area contributed by atoms with Gasteiger partial charge in [0.25, 0.3) is 0 Å². The summed E-state index contributed by atoms with van der Waals surface area (Å²) in [6.45, 7) is 2.64. The van der Waals surface area contributed by atoms with Crippen LogP contribution in [0.5, 0.6) is 5.75 Å². The number of rotatable bonds is 7. The van der Waals surface area contributed by atoms with E-state index in [0.29, 0.717) is 6.54 Å². The molecule has 136 valence electrons. The highest BCUT2D eigenvalue weighted by molar-refractivity contribution is 7.17. The van der Waals surface area contributed by atoms with Crippen molar-refractivity contribution < 1.29 is 9.53 Å². The van der Waals surface area contributed by atoms with E-state index in [9.17, 15) is 4.79 Å².